The summed E-state index contributed by atoms with van der Waals surface area (Å²) in [4.78, 5) is 13.7. The first kappa shape index (κ1) is 12.8. The smallest absolute Gasteiger partial charge is 0.274 e. The van der Waals surface area contributed by atoms with Crippen LogP contribution in [0.25, 0.3) is 0 Å². The van der Waals surface area contributed by atoms with E-state index in [-0.39, 0.29) is 6.07 Å². The van der Waals surface area contributed by atoms with Crippen LogP contribution in [0, 0.1) is 0 Å². The predicted octanol–water partition coefficient (Wildman–Crippen LogP) is 3.42. The van der Waals surface area contributed by atoms with Crippen molar-refractivity contribution in [1.29, 1.82) is 0 Å². The number of hydrogen-bond acceptors (Lipinski definition) is 2. The molecular weight excluding hydrogens is 257 g/mol. The summed E-state index contributed by atoms with van der Waals surface area (Å²) < 4.78 is 61.5. The van der Waals surface area contributed by atoms with E-state index in [0.717, 1.165) is 0 Å². The molecule has 1 aromatic heterocycles. The van der Waals surface area contributed by atoms with E-state index < -0.39 is 34.7 Å². The Balaban J connectivity index is 3.39. The standard InChI is InChI=1S/C8H3ClF5NO/c9-6(16)5-1-4(8(12,13)14)3(2-15-5)7(10)11/h1-2,7H. The van der Waals surface area contributed by atoms with Gasteiger partial charge in [0.2, 0.25) is 0 Å². The zero-order valence-corrected chi connectivity index (χ0v) is 8.11. The summed E-state index contributed by atoms with van der Waals surface area (Å²) in [7, 11) is 0. The van der Waals surface area contributed by atoms with Gasteiger partial charge in [-0.2, -0.15) is 13.2 Å². The SMILES string of the molecule is O=C(Cl)c1cc(C(F)(F)F)c(C(F)F)cn1. The van der Waals surface area contributed by atoms with Crippen molar-refractivity contribution >= 4 is 16.8 Å². The van der Waals surface area contributed by atoms with Crippen molar-refractivity contribution < 1.29 is 26.7 Å². The van der Waals surface area contributed by atoms with E-state index in [0.29, 0.717) is 6.20 Å². The van der Waals surface area contributed by atoms with Gasteiger partial charge < -0.3 is 0 Å². The maximum absolute atomic E-state index is 12.3. The molecule has 1 rings (SSSR count). The minimum Gasteiger partial charge on any atom is -0.274 e. The third kappa shape index (κ3) is 2.66. The summed E-state index contributed by atoms with van der Waals surface area (Å²) in [5, 5.41) is -1.24. The van der Waals surface area contributed by atoms with Crippen LogP contribution in [0.4, 0.5) is 22.0 Å². The first-order valence-electron chi connectivity index (χ1n) is 3.78. The lowest BCUT2D eigenvalue weighted by Crippen LogP contribution is -2.12. The zero-order chi connectivity index (χ0) is 12.5. The van der Waals surface area contributed by atoms with Crippen molar-refractivity contribution in [1.82, 2.24) is 4.98 Å². The molecule has 0 aliphatic rings. The second-order valence-corrected chi connectivity index (χ2v) is 3.07. The van der Waals surface area contributed by atoms with E-state index in [1.54, 1.807) is 0 Å². The summed E-state index contributed by atoms with van der Waals surface area (Å²) in [5.74, 6) is 0. The van der Waals surface area contributed by atoms with Crippen LogP contribution in [0.3, 0.4) is 0 Å². The van der Waals surface area contributed by atoms with Gasteiger partial charge in [0.05, 0.1) is 5.56 Å². The molecule has 1 aromatic rings. The Kier molecular flexibility index (Phi) is 3.47. The molecule has 0 unspecified atom stereocenters. The highest BCUT2D eigenvalue weighted by Gasteiger charge is 2.36. The highest BCUT2D eigenvalue weighted by molar-refractivity contribution is 6.67. The van der Waals surface area contributed by atoms with Gasteiger partial charge in [0, 0.05) is 11.8 Å². The highest BCUT2D eigenvalue weighted by atomic mass is 35.5. The normalized spacial score (nSPS) is 11.9. The third-order valence-corrected chi connectivity index (χ3v) is 1.87. The van der Waals surface area contributed by atoms with Gasteiger partial charge in [0.15, 0.2) is 0 Å². The fourth-order valence-corrected chi connectivity index (χ4v) is 1.10. The van der Waals surface area contributed by atoms with Crippen LogP contribution >= 0.6 is 11.6 Å². The number of rotatable bonds is 2. The fourth-order valence-electron chi connectivity index (χ4n) is 0.993. The molecule has 0 aromatic carbocycles. The van der Waals surface area contributed by atoms with Crippen LogP contribution in [0.2, 0.25) is 0 Å². The number of carbonyl (C=O) groups excluding carboxylic acids is 1. The lowest BCUT2D eigenvalue weighted by Gasteiger charge is -2.12. The Morgan fingerprint density at radius 2 is 1.94 bits per heavy atom. The molecule has 2 nitrogen and oxygen atoms in total. The number of alkyl halides is 5. The van der Waals surface area contributed by atoms with Crippen molar-refractivity contribution in [2.24, 2.45) is 0 Å². The molecule has 0 saturated heterocycles. The van der Waals surface area contributed by atoms with Crippen molar-refractivity contribution in [2.45, 2.75) is 12.6 Å². The van der Waals surface area contributed by atoms with Crippen LogP contribution in [0.15, 0.2) is 12.3 Å². The molecule has 0 aliphatic carbocycles. The van der Waals surface area contributed by atoms with Gasteiger partial charge >= 0.3 is 6.18 Å². The Hall–Kier alpha value is -1.24. The molecule has 16 heavy (non-hydrogen) atoms. The number of carbonyl (C=O) groups is 1. The van der Waals surface area contributed by atoms with E-state index in [4.69, 9.17) is 11.6 Å². The Bertz CT molecular complexity index is 417. The van der Waals surface area contributed by atoms with Crippen molar-refractivity contribution in [3.8, 4) is 0 Å². The average Bonchev–Trinajstić information content (AvgIpc) is 2.15. The number of nitrogens with zero attached hydrogens (tertiary/aromatic N) is 1. The zero-order valence-electron chi connectivity index (χ0n) is 7.36. The average molecular weight is 260 g/mol. The van der Waals surface area contributed by atoms with E-state index in [2.05, 4.69) is 4.98 Å². The van der Waals surface area contributed by atoms with Gasteiger partial charge in [0.25, 0.3) is 11.7 Å². The number of halogens is 6. The van der Waals surface area contributed by atoms with Crippen molar-refractivity contribution in [2.75, 3.05) is 0 Å². The predicted molar refractivity (Wildman–Crippen MR) is 44.4 cm³/mol. The van der Waals surface area contributed by atoms with Gasteiger partial charge in [-0.05, 0) is 17.7 Å². The van der Waals surface area contributed by atoms with E-state index in [9.17, 15) is 26.7 Å². The quantitative estimate of drug-likeness (QED) is 0.602. The third-order valence-electron chi connectivity index (χ3n) is 1.68. The summed E-state index contributed by atoms with van der Waals surface area (Å²) in [5.41, 5.74) is -3.62. The van der Waals surface area contributed by atoms with Crippen LogP contribution in [-0.2, 0) is 6.18 Å². The minimum absolute atomic E-state index is 0.205. The molecule has 0 bridgehead atoms. The molecule has 0 aliphatic heterocycles. The summed E-state index contributed by atoms with van der Waals surface area (Å²) in [6.07, 6.45) is -8.03. The molecule has 0 spiro atoms. The summed E-state index contributed by atoms with van der Waals surface area (Å²) in [6, 6.07) is 0.205. The Labute approximate surface area is 91.0 Å². The second-order valence-electron chi connectivity index (χ2n) is 2.73. The van der Waals surface area contributed by atoms with Gasteiger partial charge in [-0.25, -0.2) is 8.78 Å². The molecule has 0 atom stereocenters. The largest absolute Gasteiger partial charge is 0.417 e. The molecule has 0 fully saturated rings. The lowest BCUT2D eigenvalue weighted by molar-refractivity contribution is -0.139. The number of hydrogen-bond donors (Lipinski definition) is 0. The molecule has 0 N–H and O–H groups in total. The van der Waals surface area contributed by atoms with Crippen LogP contribution in [-0.4, -0.2) is 10.2 Å². The molecule has 0 saturated carbocycles. The van der Waals surface area contributed by atoms with Crippen molar-refractivity contribution in [3.63, 3.8) is 0 Å². The van der Waals surface area contributed by atoms with Crippen LogP contribution in [0.5, 0.6) is 0 Å². The van der Waals surface area contributed by atoms with Crippen LogP contribution in [0.1, 0.15) is 28.0 Å². The molecular formula is C8H3ClF5NO. The van der Waals surface area contributed by atoms with Crippen LogP contribution < -0.4 is 0 Å². The monoisotopic (exact) mass is 259 g/mol. The molecule has 1 heterocycles. The van der Waals surface area contributed by atoms with Gasteiger partial charge in [0.1, 0.15) is 5.69 Å². The Morgan fingerprint density at radius 1 is 1.38 bits per heavy atom. The highest BCUT2D eigenvalue weighted by Crippen LogP contribution is 2.36. The van der Waals surface area contributed by atoms with Gasteiger partial charge in [-0.3, -0.25) is 9.78 Å². The first-order chi connectivity index (χ1) is 7.23. The topological polar surface area (TPSA) is 30.0 Å². The first-order valence-corrected chi connectivity index (χ1v) is 4.16. The fraction of sp³-hybridized carbons (Fsp3) is 0.250. The number of pyridine rings is 1. The van der Waals surface area contributed by atoms with E-state index >= 15 is 0 Å². The van der Waals surface area contributed by atoms with E-state index in [1.165, 1.54) is 0 Å². The molecule has 0 radical (unpaired) electrons. The summed E-state index contributed by atoms with van der Waals surface area (Å²) >= 11 is 4.90. The van der Waals surface area contributed by atoms with Crippen molar-refractivity contribution in [3.05, 3.63) is 29.1 Å². The molecule has 0 amide bonds. The minimum atomic E-state index is -4.99. The Morgan fingerprint density at radius 3 is 2.31 bits per heavy atom. The van der Waals surface area contributed by atoms with Gasteiger partial charge in [-0.1, -0.05) is 0 Å². The number of aromatic nitrogens is 1. The maximum atomic E-state index is 12.3. The van der Waals surface area contributed by atoms with Gasteiger partial charge in [-0.15, -0.1) is 0 Å². The maximum Gasteiger partial charge on any atom is 0.417 e. The summed E-state index contributed by atoms with van der Waals surface area (Å²) in [6.45, 7) is 0. The molecule has 88 valence electrons. The molecule has 8 heteroatoms. The van der Waals surface area contributed by atoms with E-state index in [1.807, 2.05) is 0 Å². The lowest BCUT2D eigenvalue weighted by atomic mass is 10.1. The second kappa shape index (κ2) is 4.32.